The normalized spacial score (nSPS) is 16.5. The number of hydrogen-bond acceptors (Lipinski definition) is 3. The van der Waals surface area contributed by atoms with Crippen molar-refractivity contribution >= 4 is 23.4 Å². The topological polar surface area (TPSA) is 78.4 Å². The lowest BCUT2D eigenvalue weighted by molar-refractivity contribution is -0.121. The molecule has 2 rings (SSSR count). The van der Waals surface area contributed by atoms with Crippen molar-refractivity contribution in [2.24, 2.45) is 0 Å². The van der Waals surface area contributed by atoms with Gasteiger partial charge in [0.1, 0.15) is 0 Å². The highest BCUT2D eigenvalue weighted by atomic mass is 35.5. The summed E-state index contributed by atoms with van der Waals surface area (Å²) in [5, 5.41) is 15.8. The minimum absolute atomic E-state index is 0.114. The summed E-state index contributed by atoms with van der Waals surface area (Å²) in [4.78, 5) is 23.5. The third kappa shape index (κ3) is 4.72. The van der Waals surface area contributed by atoms with Gasteiger partial charge in [-0.3, -0.25) is 9.59 Å². The van der Waals surface area contributed by atoms with Gasteiger partial charge in [0.15, 0.2) is 0 Å². The summed E-state index contributed by atoms with van der Waals surface area (Å²) in [6.07, 6.45) is 3.40. The van der Waals surface area contributed by atoms with Crippen LogP contribution in [0.25, 0.3) is 0 Å². The van der Waals surface area contributed by atoms with Crippen LogP contribution in [0.5, 0.6) is 0 Å². The number of benzene rings is 1. The van der Waals surface area contributed by atoms with E-state index < -0.39 is 5.60 Å². The van der Waals surface area contributed by atoms with E-state index in [0.29, 0.717) is 23.4 Å². The molecule has 1 fully saturated rings. The van der Waals surface area contributed by atoms with Crippen LogP contribution in [-0.2, 0) is 4.79 Å². The predicted octanol–water partition coefficient (Wildman–Crippen LogP) is 1.49. The molecule has 0 radical (unpaired) electrons. The van der Waals surface area contributed by atoms with E-state index in [4.69, 9.17) is 11.6 Å². The number of carbonyl (C=O) groups is 2. The zero-order valence-electron chi connectivity index (χ0n) is 11.7. The molecule has 1 saturated carbocycles. The number of nitrogens with one attached hydrogen (secondary N) is 2. The number of rotatable bonds is 5. The van der Waals surface area contributed by atoms with Crippen molar-refractivity contribution in [2.45, 2.75) is 31.3 Å². The molecule has 0 bridgehead atoms. The molecule has 0 aliphatic heterocycles. The third-order valence-corrected chi connectivity index (χ3v) is 3.92. The summed E-state index contributed by atoms with van der Waals surface area (Å²) in [5.74, 6) is -0.640. The second-order valence-corrected chi connectivity index (χ2v) is 5.83. The third-order valence-electron chi connectivity index (χ3n) is 3.66. The molecule has 0 spiro atoms. The molecule has 114 valence electrons. The van der Waals surface area contributed by atoms with E-state index in [1.807, 2.05) is 0 Å². The Morgan fingerprint density at radius 3 is 2.38 bits per heavy atom. The first-order chi connectivity index (χ1) is 9.98. The van der Waals surface area contributed by atoms with Crippen molar-refractivity contribution in [3.05, 3.63) is 34.9 Å². The molecule has 0 aromatic heterocycles. The van der Waals surface area contributed by atoms with E-state index >= 15 is 0 Å². The van der Waals surface area contributed by atoms with E-state index in [9.17, 15) is 14.7 Å². The molecule has 1 aromatic carbocycles. The van der Waals surface area contributed by atoms with Gasteiger partial charge >= 0.3 is 0 Å². The van der Waals surface area contributed by atoms with Crippen molar-refractivity contribution in [2.75, 3.05) is 13.1 Å². The molecule has 0 unspecified atom stereocenters. The average molecular weight is 311 g/mol. The first-order valence-corrected chi connectivity index (χ1v) is 7.39. The van der Waals surface area contributed by atoms with E-state index in [0.717, 1.165) is 12.8 Å². The fraction of sp³-hybridized carbons (Fsp3) is 0.467. The summed E-state index contributed by atoms with van der Waals surface area (Å²) in [5.41, 5.74) is -0.336. The summed E-state index contributed by atoms with van der Waals surface area (Å²) >= 11 is 5.74. The zero-order valence-corrected chi connectivity index (χ0v) is 12.4. The Morgan fingerprint density at radius 1 is 1.14 bits per heavy atom. The van der Waals surface area contributed by atoms with Gasteiger partial charge in [-0.05, 0) is 37.1 Å². The number of halogens is 1. The van der Waals surface area contributed by atoms with Gasteiger partial charge < -0.3 is 15.7 Å². The Hall–Kier alpha value is -1.59. The monoisotopic (exact) mass is 310 g/mol. The van der Waals surface area contributed by atoms with Gasteiger partial charge in [0.25, 0.3) is 5.91 Å². The van der Waals surface area contributed by atoms with Gasteiger partial charge in [0, 0.05) is 17.1 Å². The minimum Gasteiger partial charge on any atom is -0.388 e. The molecule has 1 aliphatic carbocycles. The molecule has 1 aliphatic rings. The largest absolute Gasteiger partial charge is 0.388 e. The molecule has 0 atom stereocenters. The Kier molecular flexibility index (Phi) is 5.20. The van der Waals surface area contributed by atoms with E-state index in [-0.39, 0.29) is 24.9 Å². The maximum atomic E-state index is 11.8. The van der Waals surface area contributed by atoms with Crippen molar-refractivity contribution in [3.63, 3.8) is 0 Å². The first-order valence-electron chi connectivity index (χ1n) is 7.01. The van der Waals surface area contributed by atoms with Gasteiger partial charge in [-0.2, -0.15) is 0 Å². The van der Waals surface area contributed by atoms with Crippen molar-refractivity contribution in [1.82, 2.24) is 10.6 Å². The van der Waals surface area contributed by atoms with Gasteiger partial charge in [-0.25, -0.2) is 0 Å². The van der Waals surface area contributed by atoms with Crippen LogP contribution >= 0.6 is 11.6 Å². The van der Waals surface area contributed by atoms with Gasteiger partial charge in [0.2, 0.25) is 5.91 Å². The maximum Gasteiger partial charge on any atom is 0.251 e. The Balaban J connectivity index is 1.73. The standard InChI is InChI=1S/C15H19ClN2O3/c16-12-5-3-11(4-6-12)14(20)17-9-13(19)18-10-15(21)7-1-2-8-15/h3-6,21H,1-2,7-10H2,(H,17,20)(H,18,19). The Labute approximate surface area is 128 Å². The number of amides is 2. The van der Waals surface area contributed by atoms with Gasteiger partial charge in [0.05, 0.1) is 12.1 Å². The lowest BCUT2D eigenvalue weighted by atomic mass is 10.0. The highest BCUT2D eigenvalue weighted by Crippen LogP contribution is 2.28. The highest BCUT2D eigenvalue weighted by molar-refractivity contribution is 6.30. The SMILES string of the molecule is O=C(CNC(=O)c1ccc(Cl)cc1)NCC1(O)CCCC1. The highest BCUT2D eigenvalue weighted by Gasteiger charge is 2.31. The van der Waals surface area contributed by atoms with Crippen LogP contribution in [0.3, 0.4) is 0 Å². The van der Waals surface area contributed by atoms with Crippen LogP contribution in [0.4, 0.5) is 0 Å². The predicted molar refractivity (Wildman–Crippen MR) is 80.2 cm³/mol. The molecule has 2 amide bonds. The van der Waals surface area contributed by atoms with Crippen LogP contribution in [0.15, 0.2) is 24.3 Å². The summed E-state index contributed by atoms with van der Waals surface area (Å²) < 4.78 is 0. The van der Waals surface area contributed by atoms with Crippen LogP contribution in [-0.4, -0.2) is 35.6 Å². The number of aliphatic hydroxyl groups is 1. The summed E-state index contributed by atoms with van der Waals surface area (Å²) in [7, 11) is 0. The van der Waals surface area contributed by atoms with Crippen LogP contribution < -0.4 is 10.6 Å². The first kappa shape index (κ1) is 15.8. The maximum absolute atomic E-state index is 11.8. The summed E-state index contributed by atoms with van der Waals surface area (Å²) in [6.45, 7) is 0.125. The molecular formula is C15H19ClN2O3. The van der Waals surface area contributed by atoms with Crippen molar-refractivity contribution in [1.29, 1.82) is 0 Å². The van der Waals surface area contributed by atoms with E-state index in [2.05, 4.69) is 10.6 Å². The number of hydrogen-bond donors (Lipinski definition) is 3. The molecular weight excluding hydrogens is 292 g/mol. The van der Waals surface area contributed by atoms with E-state index in [1.54, 1.807) is 24.3 Å². The zero-order chi connectivity index (χ0) is 15.3. The quantitative estimate of drug-likeness (QED) is 0.771. The molecule has 21 heavy (non-hydrogen) atoms. The van der Waals surface area contributed by atoms with Gasteiger partial charge in [-0.1, -0.05) is 24.4 Å². The van der Waals surface area contributed by atoms with Crippen LogP contribution in [0, 0.1) is 0 Å². The molecule has 6 heteroatoms. The lowest BCUT2D eigenvalue weighted by Gasteiger charge is -2.22. The van der Waals surface area contributed by atoms with Crippen molar-refractivity contribution in [3.8, 4) is 0 Å². The molecule has 5 nitrogen and oxygen atoms in total. The summed E-state index contributed by atoms with van der Waals surface area (Å²) in [6, 6.07) is 6.42. The van der Waals surface area contributed by atoms with Crippen molar-refractivity contribution < 1.29 is 14.7 Å². The molecule has 1 aromatic rings. The molecule has 0 saturated heterocycles. The number of carbonyl (C=O) groups excluding carboxylic acids is 2. The molecule has 3 N–H and O–H groups in total. The fourth-order valence-corrected chi connectivity index (χ4v) is 2.53. The average Bonchev–Trinajstić information content (AvgIpc) is 2.91. The fourth-order valence-electron chi connectivity index (χ4n) is 2.40. The Bertz CT molecular complexity index is 510. The lowest BCUT2D eigenvalue weighted by Crippen LogP contribution is -2.44. The van der Waals surface area contributed by atoms with E-state index in [1.165, 1.54) is 0 Å². The Morgan fingerprint density at radius 2 is 1.76 bits per heavy atom. The second kappa shape index (κ2) is 6.91. The van der Waals surface area contributed by atoms with Crippen LogP contribution in [0.1, 0.15) is 36.0 Å². The van der Waals surface area contributed by atoms with Gasteiger partial charge in [-0.15, -0.1) is 0 Å². The van der Waals surface area contributed by atoms with Crippen LogP contribution in [0.2, 0.25) is 5.02 Å². The molecule has 0 heterocycles. The second-order valence-electron chi connectivity index (χ2n) is 5.40. The smallest absolute Gasteiger partial charge is 0.251 e. The minimum atomic E-state index is -0.782.